The normalized spacial score (nSPS) is 22.7. The fraction of sp³-hybridized carbons (Fsp3) is 0.625. The molecule has 0 unspecified atom stereocenters. The van der Waals surface area contributed by atoms with E-state index in [0.717, 1.165) is 37.3 Å². The van der Waals surface area contributed by atoms with Crippen LogP contribution in [0.25, 0.3) is 0 Å². The van der Waals surface area contributed by atoms with E-state index < -0.39 is 5.60 Å². The van der Waals surface area contributed by atoms with Gasteiger partial charge in [0.05, 0.1) is 5.69 Å². The molecular formula is C16H22N2O2. The Morgan fingerprint density at radius 1 is 1.40 bits per heavy atom. The van der Waals surface area contributed by atoms with Gasteiger partial charge in [-0.1, -0.05) is 6.07 Å². The Balaban J connectivity index is 1.74. The van der Waals surface area contributed by atoms with Crippen LogP contribution in [-0.2, 0) is 16.8 Å². The van der Waals surface area contributed by atoms with Crippen LogP contribution in [0.2, 0.25) is 0 Å². The molecule has 2 heterocycles. The summed E-state index contributed by atoms with van der Waals surface area (Å²) in [5.41, 5.74) is 0.698. The van der Waals surface area contributed by atoms with Gasteiger partial charge in [0.15, 0.2) is 0 Å². The molecule has 2 fully saturated rings. The first-order valence-corrected chi connectivity index (χ1v) is 7.47. The van der Waals surface area contributed by atoms with Crippen molar-refractivity contribution >= 4 is 5.78 Å². The zero-order chi connectivity index (χ0) is 14.2. The number of piperidine rings is 1. The van der Waals surface area contributed by atoms with Crippen LogP contribution >= 0.6 is 0 Å². The molecule has 20 heavy (non-hydrogen) atoms. The summed E-state index contributed by atoms with van der Waals surface area (Å²) >= 11 is 0. The van der Waals surface area contributed by atoms with E-state index >= 15 is 0 Å². The van der Waals surface area contributed by atoms with Gasteiger partial charge in [-0.3, -0.25) is 9.78 Å². The maximum absolute atomic E-state index is 11.9. The summed E-state index contributed by atoms with van der Waals surface area (Å²) in [6.45, 7) is 1.76. The van der Waals surface area contributed by atoms with Crippen LogP contribution in [0.1, 0.15) is 37.1 Å². The summed E-state index contributed by atoms with van der Waals surface area (Å²) in [6.07, 6.45) is 3.89. The van der Waals surface area contributed by atoms with E-state index in [1.165, 1.54) is 0 Å². The standard InChI is InChI=1S/C16H22N2O2/c1-18-9-7-16(20,8-10-18)15-4-2-3-13(17-15)11-14(19)12-5-6-12/h2-4,12,20H,5-11H2,1H3. The highest BCUT2D eigenvalue weighted by Gasteiger charge is 2.35. The van der Waals surface area contributed by atoms with Crippen molar-refractivity contribution in [2.75, 3.05) is 20.1 Å². The molecule has 0 spiro atoms. The van der Waals surface area contributed by atoms with Gasteiger partial charge in [-0.2, -0.15) is 0 Å². The fourth-order valence-electron chi connectivity index (χ4n) is 2.81. The summed E-state index contributed by atoms with van der Waals surface area (Å²) in [5.74, 6) is 0.567. The van der Waals surface area contributed by atoms with E-state index in [4.69, 9.17) is 0 Å². The van der Waals surface area contributed by atoms with Crippen LogP contribution in [0.15, 0.2) is 18.2 Å². The highest BCUT2D eigenvalue weighted by atomic mass is 16.3. The second-order valence-electron chi connectivity index (χ2n) is 6.27. The SMILES string of the molecule is CN1CCC(O)(c2cccc(CC(=O)C3CC3)n2)CC1. The third-order valence-corrected chi connectivity index (χ3v) is 4.49. The highest BCUT2D eigenvalue weighted by molar-refractivity contribution is 5.84. The van der Waals surface area contributed by atoms with Crippen molar-refractivity contribution in [1.82, 2.24) is 9.88 Å². The Labute approximate surface area is 119 Å². The van der Waals surface area contributed by atoms with Crippen molar-refractivity contribution in [3.8, 4) is 0 Å². The van der Waals surface area contributed by atoms with Crippen molar-refractivity contribution in [1.29, 1.82) is 0 Å². The minimum absolute atomic E-state index is 0.270. The summed E-state index contributed by atoms with van der Waals surface area (Å²) in [7, 11) is 2.07. The van der Waals surface area contributed by atoms with Crippen molar-refractivity contribution in [2.45, 2.75) is 37.7 Å². The van der Waals surface area contributed by atoms with E-state index in [1.54, 1.807) is 0 Å². The lowest BCUT2D eigenvalue weighted by Crippen LogP contribution is -2.41. The van der Waals surface area contributed by atoms with Gasteiger partial charge >= 0.3 is 0 Å². The molecule has 3 rings (SSSR count). The molecule has 1 N–H and O–H groups in total. The Morgan fingerprint density at radius 2 is 2.10 bits per heavy atom. The predicted molar refractivity (Wildman–Crippen MR) is 76.3 cm³/mol. The van der Waals surface area contributed by atoms with Crippen molar-refractivity contribution in [3.63, 3.8) is 0 Å². The molecule has 1 aromatic rings. The summed E-state index contributed by atoms with van der Waals surface area (Å²) in [5, 5.41) is 10.8. The number of hydrogen-bond acceptors (Lipinski definition) is 4. The number of hydrogen-bond donors (Lipinski definition) is 1. The molecular weight excluding hydrogens is 252 g/mol. The Morgan fingerprint density at radius 3 is 2.75 bits per heavy atom. The van der Waals surface area contributed by atoms with E-state index in [2.05, 4.69) is 16.9 Å². The Kier molecular flexibility index (Phi) is 3.61. The van der Waals surface area contributed by atoms with E-state index in [9.17, 15) is 9.90 Å². The van der Waals surface area contributed by atoms with Gasteiger partial charge in [0.1, 0.15) is 11.4 Å². The number of carbonyl (C=O) groups excluding carboxylic acids is 1. The molecule has 0 amide bonds. The Bertz CT molecular complexity index is 503. The lowest BCUT2D eigenvalue weighted by atomic mass is 9.88. The van der Waals surface area contributed by atoms with Gasteiger partial charge in [0.25, 0.3) is 0 Å². The molecule has 1 saturated carbocycles. The minimum Gasteiger partial charge on any atom is -0.383 e. The van der Waals surface area contributed by atoms with Gasteiger partial charge < -0.3 is 10.0 Å². The maximum Gasteiger partial charge on any atom is 0.141 e. The van der Waals surface area contributed by atoms with E-state index in [0.29, 0.717) is 25.0 Å². The second-order valence-corrected chi connectivity index (χ2v) is 6.27. The molecule has 1 aliphatic heterocycles. The van der Waals surface area contributed by atoms with Gasteiger partial charge in [-0.15, -0.1) is 0 Å². The van der Waals surface area contributed by atoms with E-state index in [1.807, 2.05) is 18.2 Å². The fourth-order valence-corrected chi connectivity index (χ4v) is 2.81. The number of aromatic nitrogens is 1. The Hall–Kier alpha value is -1.26. The number of Topliss-reactive ketones (excluding diaryl/α,β-unsaturated/α-hetero) is 1. The van der Waals surface area contributed by atoms with Crippen LogP contribution in [0.4, 0.5) is 0 Å². The molecule has 2 aliphatic rings. The smallest absolute Gasteiger partial charge is 0.141 e. The molecule has 0 atom stereocenters. The molecule has 0 bridgehead atoms. The number of nitrogens with zero attached hydrogens (tertiary/aromatic N) is 2. The summed E-state index contributed by atoms with van der Waals surface area (Å²) < 4.78 is 0. The monoisotopic (exact) mass is 274 g/mol. The molecule has 1 saturated heterocycles. The molecule has 4 nitrogen and oxygen atoms in total. The van der Waals surface area contributed by atoms with Gasteiger partial charge in [0, 0.05) is 31.1 Å². The lowest BCUT2D eigenvalue weighted by molar-refractivity contribution is -0.119. The molecule has 0 radical (unpaired) electrons. The first-order chi connectivity index (χ1) is 9.57. The van der Waals surface area contributed by atoms with Gasteiger partial charge in [-0.05, 0) is 44.9 Å². The number of rotatable bonds is 4. The van der Waals surface area contributed by atoms with Crippen LogP contribution in [-0.4, -0.2) is 40.9 Å². The number of ketones is 1. The van der Waals surface area contributed by atoms with Crippen LogP contribution < -0.4 is 0 Å². The zero-order valence-electron chi connectivity index (χ0n) is 12.0. The van der Waals surface area contributed by atoms with Crippen LogP contribution in [0, 0.1) is 5.92 Å². The van der Waals surface area contributed by atoms with Crippen LogP contribution in [0.3, 0.4) is 0 Å². The zero-order valence-corrected chi connectivity index (χ0v) is 12.0. The van der Waals surface area contributed by atoms with Crippen molar-refractivity contribution in [3.05, 3.63) is 29.6 Å². The predicted octanol–water partition coefficient (Wildman–Crippen LogP) is 1.52. The molecule has 1 aliphatic carbocycles. The average Bonchev–Trinajstić information content (AvgIpc) is 3.27. The van der Waals surface area contributed by atoms with Gasteiger partial charge in [-0.25, -0.2) is 0 Å². The van der Waals surface area contributed by atoms with Crippen molar-refractivity contribution < 1.29 is 9.90 Å². The quantitative estimate of drug-likeness (QED) is 0.904. The first kappa shape index (κ1) is 13.7. The van der Waals surface area contributed by atoms with Crippen molar-refractivity contribution in [2.24, 2.45) is 5.92 Å². The maximum atomic E-state index is 11.9. The summed E-state index contributed by atoms with van der Waals surface area (Å²) in [4.78, 5) is 18.6. The first-order valence-electron chi connectivity index (χ1n) is 7.47. The summed E-state index contributed by atoms with van der Waals surface area (Å²) in [6, 6.07) is 5.69. The van der Waals surface area contributed by atoms with E-state index in [-0.39, 0.29) is 5.92 Å². The molecule has 1 aromatic heterocycles. The number of pyridine rings is 1. The number of likely N-dealkylation sites (tertiary alicyclic amines) is 1. The second kappa shape index (κ2) is 5.26. The molecule has 4 heteroatoms. The average molecular weight is 274 g/mol. The lowest BCUT2D eigenvalue weighted by Gasteiger charge is -2.36. The number of aliphatic hydroxyl groups is 1. The number of carbonyl (C=O) groups is 1. The molecule has 108 valence electrons. The highest BCUT2D eigenvalue weighted by Crippen LogP contribution is 2.32. The third kappa shape index (κ3) is 2.91. The topological polar surface area (TPSA) is 53.4 Å². The third-order valence-electron chi connectivity index (χ3n) is 4.49. The largest absolute Gasteiger partial charge is 0.383 e. The van der Waals surface area contributed by atoms with Gasteiger partial charge in [0.2, 0.25) is 0 Å². The molecule has 0 aromatic carbocycles. The van der Waals surface area contributed by atoms with Crippen LogP contribution in [0.5, 0.6) is 0 Å². The minimum atomic E-state index is -0.828.